The number of aliphatic hydroxyl groups excluding tert-OH is 1. The van der Waals surface area contributed by atoms with Crippen LogP contribution in [0.25, 0.3) is 0 Å². The maximum Gasteiger partial charge on any atom is 0.211 e. The molecule has 0 amide bonds. The summed E-state index contributed by atoms with van der Waals surface area (Å²) in [5.74, 6) is 0.0812. The van der Waals surface area contributed by atoms with Crippen molar-refractivity contribution >= 4 is 10.0 Å². The Labute approximate surface area is 91.9 Å². The van der Waals surface area contributed by atoms with E-state index in [0.717, 1.165) is 0 Å². The van der Waals surface area contributed by atoms with Crippen molar-refractivity contribution in [3.05, 3.63) is 0 Å². The van der Waals surface area contributed by atoms with E-state index in [4.69, 9.17) is 4.74 Å². The maximum absolute atomic E-state index is 11.4. The van der Waals surface area contributed by atoms with Gasteiger partial charge in [0.15, 0.2) is 0 Å². The van der Waals surface area contributed by atoms with Gasteiger partial charge in [-0.3, -0.25) is 0 Å². The fraction of sp³-hybridized carbons (Fsp3) is 1.00. The predicted octanol–water partition coefficient (Wildman–Crippen LogP) is -0.0408. The number of ether oxygens (including phenoxy) is 1. The lowest BCUT2D eigenvalue weighted by Gasteiger charge is -2.15. The minimum absolute atomic E-state index is 0.0334. The van der Waals surface area contributed by atoms with Gasteiger partial charge in [-0.25, -0.2) is 13.1 Å². The fourth-order valence-corrected chi connectivity index (χ4v) is 1.98. The first-order valence-corrected chi connectivity index (χ1v) is 6.68. The van der Waals surface area contributed by atoms with Gasteiger partial charge in [-0.1, -0.05) is 13.8 Å². The van der Waals surface area contributed by atoms with E-state index >= 15 is 0 Å². The summed E-state index contributed by atoms with van der Waals surface area (Å²) in [6.45, 7) is 4.18. The van der Waals surface area contributed by atoms with Crippen LogP contribution >= 0.6 is 0 Å². The molecule has 0 rings (SSSR count). The lowest BCUT2D eigenvalue weighted by atomic mass is 10.1. The van der Waals surface area contributed by atoms with Crippen LogP contribution in [0.1, 0.15) is 20.3 Å². The smallest absolute Gasteiger partial charge is 0.211 e. The summed E-state index contributed by atoms with van der Waals surface area (Å²) in [7, 11) is -1.74. The zero-order chi connectivity index (χ0) is 11.9. The minimum Gasteiger partial charge on any atom is -0.391 e. The van der Waals surface area contributed by atoms with Gasteiger partial charge < -0.3 is 9.84 Å². The Hall–Kier alpha value is -0.170. The van der Waals surface area contributed by atoms with E-state index < -0.39 is 16.1 Å². The molecule has 0 bridgehead atoms. The summed E-state index contributed by atoms with van der Waals surface area (Å²) >= 11 is 0. The van der Waals surface area contributed by atoms with Crippen molar-refractivity contribution in [2.45, 2.75) is 26.4 Å². The molecule has 0 heterocycles. The van der Waals surface area contributed by atoms with Crippen molar-refractivity contribution < 1.29 is 18.3 Å². The Morgan fingerprint density at radius 1 is 1.40 bits per heavy atom. The van der Waals surface area contributed by atoms with E-state index in [0.29, 0.717) is 13.0 Å². The van der Waals surface area contributed by atoms with Crippen LogP contribution in [0.15, 0.2) is 0 Å². The van der Waals surface area contributed by atoms with Crippen molar-refractivity contribution in [2.75, 3.05) is 26.0 Å². The van der Waals surface area contributed by atoms with Gasteiger partial charge in [0.05, 0.1) is 11.9 Å². The zero-order valence-electron chi connectivity index (χ0n) is 9.56. The first kappa shape index (κ1) is 14.8. The van der Waals surface area contributed by atoms with Crippen LogP contribution in [-0.2, 0) is 14.8 Å². The third-order valence-electron chi connectivity index (χ3n) is 2.04. The summed E-state index contributed by atoms with van der Waals surface area (Å²) in [5, 5.41) is 9.41. The number of hydrogen-bond donors (Lipinski definition) is 2. The van der Waals surface area contributed by atoms with Gasteiger partial charge in [-0.2, -0.15) is 0 Å². The molecule has 5 nitrogen and oxygen atoms in total. The Morgan fingerprint density at radius 3 is 2.47 bits per heavy atom. The molecule has 15 heavy (non-hydrogen) atoms. The number of aliphatic hydroxyl groups is 1. The van der Waals surface area contributed by atoms with Gasteiger partial charge in [0.2, 0.25) is 10.0 Å². The van der Waals surface area contributed by atoms with Gasteiger partial charge in [0, 0.05) is 20.3 Å². The Morgan fingerprint density at radius 2 is 2.00 bits per heavy atom. The lowest BCUT2D eigenvalue weighted by molar-refractivity contribution is 0.129. The van der Waals surface area contributed by atoms with Crippen LogP contribution in [0.3, 0.4) is 0 Å². The molecule has 0 aromatic heterocycles. The second kappa shape index (κ2) is 7.16. The van der Waals surface area contributed by atoms with E-state index in [9.17, 15) is 13.5 Å². The fourth-order valence-electron chi connectivity index (χ4n) is 0.914. The summed E-state index contributed by atoms with van der Waals surface area (Å²) in [6.07, 6.45) is -0.175. The van der Waals surface area contributed by atoms with Crippen molar-refractivity contribution in [3.63, 3.8) is 0 Å². The van der Waals surface area contributed by atoms with E-state index in [-0.39, 0.29) is 18.2 Å². The van der Waals surface area contributed by atoms with Crippen molar-refractivity contribution in [2.24, 2.45) is 5.92 Å². The lowest BCUT2D eigenvalue weighted by Crippen LogP contribution is -2.36. The standard InChI is InChI=1S/C9H21NO4S/c1-8(2)9(11)7-10-15(12,13)6-4-5-14-3/h8-11H,4-7H2,1-3H3. The van der Waals surface area contributed by atoms with E-state index in [1.807, 2.05) is 13.8 Å². The molecule has 2 N–H and O–H groups in total. The molecule has 0 fully saturated rings. The molecule has 0 saturated carbocycles. The van der Waals surface area contributed by atoms with Crippen LogP contribution in [0, 0.1) is 5.92 Å². The molecule has 1 atom stereocenters. The van der Waals surface area contributed by atoms with Crippen LogP contribution in [0.2, 0.25) is 0 Å². The van der Waals surface area contributed by atoms with Gasteiger partial charge in [0.25, 0.3) is 0 Å². The minimum atomic E-state index is -3.27. The van der Waals surface area contributed by atoms with Crippen molar-refractivity contribution in [1.29, 1.82) is 0 Å². The van der Waals surface area contributed by atoms with Gasteiger partial charge >= 0.3 is 0 Å². The summed E-state index contributed by atoms with van der Waals surface area (Å²) < 4.78 is 29.8. The predicted molar refractivity (Wildman–Crippen MR) is 59.1 cm³/mol. The number of rotatable bonds is 8. The SMILES string of the molecule is COCCCS(=O)(=O)NCC(O)C(C)C. The summed E-state index contributed by atoms with van der Waals surface area (Å²) in [4.78, 5) is 0. The highest BCUT2D eigenvalue weighted by Crippen LogP contribution is 2.00. The third kappa shape index (κ3) is 7.72. The van der Waals surface area contributed by atoms with E-state index in [1.54, 1.807) is 0 Å². The van der Waals surface area contributed by atoms with E-state index in [1.165, 1.54) is 7.11 Å². The highest BCUT2D eigenvalue weighted by atomic mass is 32.2. The second-order valence-corrected chi connectivity index (χ2v) is 5.75. The monoisotopic (exact) mass is 239 g/mol. The first-order valence-electron chi connectivity index (χ1n) is 5.03. The van der Waals surface area contributed by atoms with Crippen LogP contribution < -0.4 is 4.72 Å². The Bertz CT molecular complexity index is 251. The largest absolute Gasteiger partial charge is 0.391 e. The number of hydrogen-bond acceptors (Lipinski definition) is 4. The van der Waals surface area contributed by atoms with Crippen molar-refractivity contribution in [1.82, 2.24) is 4.72 Å². The maximum atomic E-state index is 11.4. The Kier molecular flexibility index (Phi) is 7.08. The molecule has 0 aromatic carbocycles. The molecule has 0 spiro atoms. The summed E-state index contributed by atoms with van der Waals surface area (Å²) in [6, 6.07) is 0. The first-order chi connectivity index (χ1) is 6.89. The molecular formula is C9H21NO4S. The molecule has 0 aliphatic heterocycles. The quantitative estimate of drug-likeness (QED) is 0.583. The number of nitrogens with one attached hydrogen (secondary N) is 1. The molecule has 92 valence electrons. The average molecular weight is 239 g/mol. The zero-order valence-corrected chi connectivity index (χ0v) is 10.4. The number of sulfonamides is 1. The molecule has 0 saturated heterocycles. The van der Waals surface area contributed by atoms with Crippen LogP contribution in [0.4, 0.5) is 0 Å². The molecule has 0 radical (unpaired) electrons. The molecule has 0 aromatic rings. The highest BCUT2D eigenvalue weighted by Gasteiger charge is 2.14. The van der Waals surface area contributed by atoms with E-state index in [2.05, 4.69) is 4.72 Å². The van der Waals surface area contributed by atoms with Crippen LogP contribution in [-0.4, -0.2) is 45.6 Å². The Balaban J connectivity index is 3.84. The van der Waals surface area contributed by atoms with Gasteiger partial charge in [-0.15, -0.1) is 0 Å². The molecule has 1 unspecified atom stereocenters. The topological polar surface area (TPSA) is 75.6 Å². The molecular weight excluding hydrogens is 218 g/mol. The van der Waals surface area contributed by atoms with Crippen LogP contribution in [0.5, 0.6) is 0 Å². The number of methoxy groups -OCH3 is 1. The summed E-state index contributed by atoms with van der Waals surface area (Å²) in [5.41, 5.74) is 0. The highest BCUT2D eigenvalue weighted by molar-refractivity contribution is 7.89. The van der Waals surface area contributed by atoms with Gasteiger partial charge in [0.1, 0.15) is 0 Å². The normalized spacial score (nSPS) is 14.5. The molecule has 0 aliphatic carbocycles. The van der Waals surface area contributed by atoms with Gasteiger partial charge in [-0.05, 0) is 12.3 Å². The molecule has 6 heteroatoms. The molecule has 0 aliphatic rings. The third-order valence-corrected chi connectivity index (χ3v) is 3.48. The second-order valence-electron chi connectivity index (χ2n) is 3.83. The average Bonchev–Trinajstić information content (AvgIpc) is 2.14. The van der Waals surface area contributed by atoms with Crippen molar-refractivity contribution in [3.8, 4) is 0 Å².